The summed E-state index contributed by atoms with van der Waals surface area (Å²) in [6.07, 6.45) is 0. The summed E-state index contributed by atoms with van der Waals surface area (Å²) in [7, 11) is 0. The number of rotatable bonds is 5. The predicted octanol–water partition coefficient (Wildman–Crippen LogP) is 2.24. The molecule has 0 fully saturated rings. The van der Waals surface area contributed by atoms with Crippen molar-refractivity contribution < 1.29 is 9.90 Å². The van der Waals surface area contributed by atoms with E-state index in [0.717, 1.165) is 9.35 Å². The molecule has 0 saturated heterocycles. The normalized spacial score (nSPS) is 10.1. The zero-order valence-corrected chi connectivity index (χ0v) is 9.82. The van der Waals surface area contributed by atoms with Crippen LogP contribution in [0.5, 0.6) is 0 Å². The van der Waals surface area contributed by atoms with Gasteiger partial charge in [-0.25, -0.2) is 4.79 Å². The van der Waals surface area contributed by atoms with Crippen molar-refractivity contribution >= 4 is 33.2 Å². The number of aliphatic carboxylic acids is 1. The van der Waals surface area contributed by atoms with E-state index < -0.39 is 5.97 Å². The first-order valence-electron chi connectivity index (χ1n) is 3.94. The Morgan fingerprint density at radius 3 is 2.93 bits per heavy atom. The molecule has 2 N–H and O–H groups in total. The van der Waals surface area contributed by atoms with Gasteiger partial charge >= 0.3 is 5.97 Å². The van der Waals surface area contributed by atoms with Gasteiger partial charge in [-0.05, 0) is 22.0 Å². The van der Waals surface area contributed by atoms with Gasteiger partial charge in [0.05, 0.1) is 0 Å². The second kappa shape index (κ2) is 5.29. The molecular weight excluding hydrogens is 266 g/mol. The largest absolute Gasteiger partial charge is 0.478 e. The van der Waals surface area contributed by atoms with Gasteiger partial charge in [-0.15, -0.1) is 11.3 Å². The van der Waals surface area contributed by atoms with Crippen LogP contribution < -0.4 is 5.32 Å². The summed E-state index contributed by atoms with van der Waals surface area (Å²) in [6, 6.07) is 2.00. The first-order valence-corrected chi connectivity index (χ1v) is 5.61. The molecule has 0 saturated carbocycles. The Balaban J connectivity index is 2.29. The molecule has 0 aliphatic heterocycles. The van der Waals surface area contributed by atoms with Gasteiger partial charge in [0.2, 0.25) is 0 Å². The number of hydrogen-bond donors (Lipinski definition) is 2. The van der Waals surface area contributed by atoms with Crippen LogP contribution in [0.25, 0.3) is 0 Å². The molecule has 0 aliphatic carbocycles. The molecule has 3 nitrogen and oxygen atoms in total. The molecule has 0 aromatic carbocycles. The minimum atomic E-state index is -0.954. The third-order valence-electron chi connectivity index (χ3n) is 1.56. The number of carbonyl (C=O) groups is 1. The van der Waals surface area contributed by atoms with E-state index in [1.54, 1.807) is 11.3 Å². The topological polar surface area (TPSA) is 49.3 Å². The number of halogens is 1. The summed E-state index contributed by atoms with van der Waals surface area (Å²) < 4.78 is 1.05. The Morgan fingerprint density at radius 2 is 2.43 bits per heavy atom. The average molecular weight is 276 g/mol. The first-order chi connectivity index (χ1) is 6.59. The van der Waals surface area contributed by atoms with Crippen molar-refractivity contribution in [2.24, 2.45) is 0 Å². The molecule has 1 aromatic heterocycles. The molecule has 0 amide bonds. The molecular formula is C9H10BrNO2S. The third-order valence-corrected chi connectivity index (χ3v) is 3.26. The maximum Gasteiger partial charge on any atom is 0.332 e. The summed E-state index contributed by atoms with van der Waals surface area (Å²) in [5.74, 6) is -0.954. The van der Waals surface area contributed by atoms with E-state index in [0.29, 0.717) is 13.1 Å². The fraction of sp³-hybridized carbons (Fsp3) is 0.222. The van der Waals surface area contributed by atoms with E-state index in [4.69, 9.17) is 5.11 Å². The molecule has 0 bridgehead atoms. The fourth-order valence-corrected chi connectivity index (χ4v) is 2.28. The highest BCUT2D eigenvalue weighted by Crippen LogP contribution is 2.19. The van der Waals surface area contributed by atoms with Crippen LogP contribution in [0, 0.1) is 0 Å². The van der Waals surface area contributed by atoms with Crippen molar-refractivity contribution in [1.29, 1.82) is 0 Å². The van der Waals surface area contributed by atoms with Gasteiger partial charge < -0.3 is 10.4 Å². The zero-order valence-electron chi connectivity index (χ0n) is 7.42. The van der Waals surface area contributed by atoms with Crippen LogP contribution in [0.2, 0.25) is 0 Å². The number of thiophene rings is 1. The fourth-order valence-electron chi connectivity index (χ4n) is 0.859. The Kier molecular flexibility index (Phi) is 4.31. The van der Waals surface area contributed by atoms with Gasteiger partial charge in [0, 0.05) is 33.4 Å². The van der Waals surface area contributed by atoms with Crippen LogP contribution in [-0.4, -0.2) is 17.6 Å². The maximum absolute atomic E-state index is 10.4. The van der Waals surface area contributed by atoms with Gasteiger partial charge in [-0.3, -0.25) is 0 Å². The number of carboxylic acid groups (broad SMARTS) is 1. The summed E-state index contributed by atoms with van der Waals surface area (Å²) >= 11 is 4.97. The van der Waals surface area contributed by atoms with Gasteiger partial charge in [0.1, 0.15) is 0 Å². The minimum absolute atomic E-state index is 0.181. The smallest absolute Gasteiger partial charge is 0.332 e. The number of nitrogens with one attached hydrogen (secondary N) is 1. The summed E-state index contributed by atoms with van der Waals surface area (Å²) in [6.45, 7) is 4.40. The van der Waals surface area contributed by atoms with Crippen LogP contribution in [-0.2, 0) is 11.3 Å². The Bertz CT molecular complexity index is 348. The van der Waals surface area contributed by atoms with Crippen LogP contribution in [0.3, 0.4) is 0 Å². The quantitative estimate of drug-likeness (QED) is 0.811. The van der Waals surface area contributed by atoms with Crippen molar-refractivity contribution in [3.8, 4) is 0 Å². The van der Waals surface area contributed by atoms with Gasteiger partial charge in [-0.2, -0.15) is 0 Å². The molecule has 1 heterocycles. The molecule has 76 valence electrons. The lowest BCUT2D eigenvalue weighted by Gasteiger charge is -2.01. The van der Waals surface area contributed by atoms with Crippen molar-refractivity contribution in [3.63, 3.8) is 0 Å². The first kappa shape index (κ1) is 11.4. The molecule has 0 unspecified atom stereocenters. The average Bonchev–Trinajstić information content (AvgIpc) is 2.51. The maximum atomic E-state index is 10.4. The Hall–Kier alpha value is -0.650. The van der Waals surface area contributed by atoms with Crippen LogP contribution in [0.15, 0.2) is 28.1 Å². The lowest BCUT2D eigenvalue weighted by Crippen LogP contribution is -2.19. The molecule has 1 rings (SSSR count). The monoisotopic (exact) mass is 275 g/mol. The van der Waals surface area contributed by atoms with E-state index in [2.05, 4.69) is 27.8 Å². The second-order valence-electron chi connectivity index (χ2n) is 2.74. The van der Waals surface area contributed by atoms with Crippen LogP contribution >= 0.6 is 27.3 Å². The third kappa shape index (κ3) is 3.61. The highest BCUT2D eigenvalue weighted by Gasteiger charge is 2.03. The van der Waals surface area contributed by atoms with Crippen LogP contribution in [0.1, 0.15) is 4.88 Å². The minimum Gasteiger partial charge on any atom is -0.478 e. The second-order valence-corrected chi connectivity index (χ2v) is 4.65. The number of hydrogen-bond acceptors (Lipinski definition) is 3. The van der Waals surface area contributed by atoms with Gasteiger partial charge in [0.25, 0.3) is 0 Å². The summed E-state index contributed by atoms with van der Waals surface area (Å²) in [5, 5.41) is 13.5. The zero-order chi connectivity index (χ0) is 10.6. The van der Waals surface area contributed by atoms with Crippen molar-refractivity contribution in [2.75, 3.05) is 6.54 Å². The van der Waals surface area contributed by atoms with Crippen molar-refractivity contribution in [2.45, 2.75) is 6.54 Å². The highest BCUT2D eigenvalue weighted by molar-refractivity contribution is 9.10. The van der Waals surface area contributed by atoms with E-state index in [9.17, 15) is 4.79 Å². The highest BCUT2D eigenvalue weighted by atomic mass is 79.9. The Labute approximate surface area is 94.6 Å². The van der Waals surface area contributed by atoms with Crippen LogP contribution in [0.4, 0.5) is 0 Å². The Morgan fingerprint density at radius 1 is 1.71 bits per heavy atom. The molecule has 0 atom stereocenters. The molecule has 0 spiro atoms. The lowest BCUT2D eigenvalue weighted by molar-refractivity contribution is -0.132. The SMILES string of the molecule is C=C(CNCc1cc(Br)cs1)C(=O)O. The van der Waals surface area contributed by atoms with E-state index in [1.807, 2.05) is 11.4 Å². The lowest BCUT2D eigenvalue weighted by atomic mass is 10.3. The van der Waals surface area contributed by atoms with E-state index in [-0.39, 0.29) is 5.57 Å². The molecule has 14 heavy (non-hydrogen) atoms. The van der Waals surface area contributed by atoms with Crippen molar-refractivity contribution in [3.05, 3.63) is 32.9 Å². The van der Waals surface area contributed by atoms with Crippen molar-refractivity contribution in [1.82, 2.24) is 5.32 Å². The molecule has 0 aliphatic rings. The molecule has 5 heteroatoms. The van der Waals surface area contributed by atoms with Gasteiger partial charge in [0.15, 0.2) is 0 Å². The number of carboxylic acids is 1. The molecule has 0 radical (unpaired) electrons. The predicted molar refractivity (Wildman–Crippen MR) is 60.5 cm³/mol. The summed E-state index contributed by atoms with van der Waals surface area (Å²) in [4.78, 5) is 11.6. The van der Waals surface area contributed by atoms with E-state index >= 15 is 0 Å². The van der Waals surface area contributed by atoms with E-state index in [1.165, 1.54) is 0 Å². The summed E-state index contributed by atoms with van der Waals surface area (Å²) in [5.41, 5.74) is 0.181. The standard InChI is InChI=1S/C9H10BrNO2S/c1-6(9(12)13)3-11-4-8-2-7(10)5-14-8/h2,5,11H,1,3-4H2,(H,12,13). The van der Waals surface area contributed by atoms with Gasteiger partial charge in [-0.1, -0.05) is 6.58 Å². The molecule has 1 aromatic rings.